The standard InChI is InChI=1S/C29H33N3/c1-6-23(26-15-21(4)31-22(5)16-26)17-25-18-24(13-12-19(25)2)27-10-8-14-30-29(27)28-11-7-9-20(3)32-28/h6-9,11-15,17-18,21-22,30-31H,2,10,16H2,1,3-5H3/b23-6+,25-17-/t21-,22+/m0/s1. The zero-order chi connectivity index (χ0) is 22.7. The van der Waals surface area contributed by atoms with E-state index in [0.29, 0.717) is 12.1 Å². The van der Waals surface area contributed by atoms with Crippen molar-refractivity contribution < 1.29 is 0 Å². The fourth-order valence-corrected chi connectivity index (χ4v) is 4.60. The first-order valence-electron chi connectivity index (χ1n) is 11.5. The van der Waals surface area contributed by atoms with Crippen LogP contribution in [0.4, 0.5) is 0 Å². The van der Waals surface area contributed by atoms with Crippen molar-refractivity contribution in [3.63, 3.8) is 0 Å². The van der Waals surface area contributed by atoms with Crippen LogP contribution in [0.1, 0.15) is 50.6 Å². The number of dihydropyridines is 1. The van der Waals surface area contributed by atoms with Crippen molar-refractivity contribution in [2.75, 3.05) is 0 Å². The normalized spacial score (nSPS) is 22.1. The highest BCUT2D eigenvalue weighted by Gasteiger charge is 2.17. The predicted molar refractivity (Wildman–Crippen MR) is 137 cm³/mol. The molecule has 3 heteroatoms. The van der Waals surface area contributed by atoms with Crippen LogP contribution >= 0.6 is 0 Å². The third-order valence-corrected chi connectivity index (χ3v) is 6.13. The van der Waals surface area contributed by atoms with Crippen LogP contribution in [-0.2, 0) is 0 Å². The second kappa shape index (κ2) is 9.54. The number of nitrogens with zero attached hydrogens (tertiary/aromatic N) is 1. The third-order valence-electron chi connectivity index (χ3n) is 6.13. The van der Waals surface area contributed by atoms with E-state index in [0.717, 1.165) is 40.4 Å². The number of rotatable bonds is 4. The molecule has 0 saturated heterocycles. The number of nitrogens with one attached hydrogen (secondary N) is 2. The fourth-order valence-electron chi connectivity index (χ4n) is 4.60. The van der Waals surface area contributed by atoms with Crippen LogP contribution in [0, 0.1) is 6.92 Å². The predicted octanol–water partition coefficient (Wildman–Crippen LogP) is 4.60. The molecule has 4 rings (SSSR count). The fraction of sp³-hybridized carbons (Fsp3) is 0.276. The Morgan fingerprint density at radius 3 is 2.78 bits per heavy atom. The van der Waals surface area contributed by atoms with Gasteiger partial charge in [0.15, 0.2) is 0 Å². The van der Waals surface area contributed by atoms with E-state index >= 15 is 0 Å². The second-order valence-corrected chi connectivity index (χ2v) is 8.82. The summed E-state index contributed by atoms with van der Waals surface area (Å²) in [5, 5.41) is 9.23. The van der Waals surface area contributed by atoms with Crippen molar-refractivity contribution in [2.45, 2.75) is 52.6 Å². The molecule has 0 amide bonds. The molecule has 3 heterocycles. The summed E-state index contributed by atoms with van der Waals surface area (Å²) in [5.41, 5.74) is 8.22. The summed E-state index contributed by atoms with van der Waals surface area (Å²) in [6.45, 7) is 12.9. The summed E-state index contributed by atoms with van der Waals surface area (Å²) >= 11 is 0. The quantitative estimate of drug-likeness (QED) is 0.755. The van der Waals surface area contributed by atoms with Crippen molar-refractivity contribution in [3.05, 3.63) is 99.4 Å². The molecule has 0 radical (unpaired) electrons. The molecule has 0 fully saturated rings. The zero-order valence-electron chi connectivity index (χ0n) is 19.6. The topological polar surface area (TPSA) is 37.0 Å². The van der Waals surface area contributed by atoms with E-state index in [1.807, 2.05) is 19.2 Å². The molecule has 3 nitrogen and oxygen atoms in total. The van der Waals surface area contributed by atoms with Crippen molar-refractivity contribution in [3.8, 4) is 0 Å². The minimum Gasteiger partial charge on any atom is -0.360 e. The highest BCUT2D eigenvalue weighted by atomic mass is 14.9. The molecule has 2 N–H and O–H groups in total. The lowest BCUT2D eigenvalue weighted by Gasteiger charge is -2.26. The Bertz CT molecular complexity index is 1240. The Hall–Kier alpha value is -3.17. The highest BCUT2D eigenvalue weighted by Crippen LogP contribution is 2.29. The minimum absolute atomic E-state index is 0.386. The van der Waals surface area contributed by atoms with Gasteiger partial charge in [0, 0.05) is 17.8 Å². The van der Waals surface area contributed by atoms with Crippen LogP contribution in [0.5, 0.6) is 0 Å². The number of hydrogen-bond acceptors (Lipinski definition) is 3. The molecular formula is C29H33N3. The van der Waals surface area contributed by atoms with Gasteiger partial charge in [-0.25, -0.2) is 0 Å². The maximum absolute atomic E-state index is 4.75. The molecule has 0 bridgehead atoms. The van der Waals surface area contributed by atoms with E-state index in [1.54, 1.807) is 0 Å². The van der Waals surface area contributed by atoms with Crippen LogP contribution in [0.2, 0.25) is 0 Å². The number of aryl methyl sites for hydroxylation is 1. The average Bonchev–Trinajstić information content (AvgIpc) is 2.78. The van der Waals surface area contributed by atoms with E-state index in [9.17, 15) is 0 Å². The molecule has 0 aliphatic carbocycles. The zero-order valence-corrected chi connectivity index (χ0v) is 19.6. The molecule has 0 spiro atoms. The molecule has 0 unspecified atom stereocenters. The van der Waals surface area contributed by atoms with Crippen LogP contribution in [-0.4, -0.2) is 17.1 Å². The van der Waals surface area contributed by atoms with Gasteiger partial charge in [-0.3, -0.25) is 4.98 Å². The lowest BCUT2D eigenvalue weighted by molar-refractivity contribution is 0.488. The molecule has 2 atom stereocenters. The molecule has 2 aromatic rings. The number of benzene rings is 1. The molecule has 164 valence electrons. The Morgan fingerprint density at radius 2 is 2.03 bits per heavy atom. The Balaban J connectivity index is 1.79. The third kappa shape index (κ3) is 4.84. The van der Waals surface area contributed by atoms with E-state index in [1.165, 1.54) is 22.3 Å². The van der Waals surface area contributed by atoms with Gasteiger partial charge in [-0.1, -0.05) is 43.0 Å². The summed E-state index contributed by atoms with van der Waals surface area (Å²) in [7, 11) is 0. The average molecular weight is 424 g/mol. The van der Waals surface area contributed by atoms with Gasteiger partial charge >= 0.3 is 0 Å². The van der Waals surface area contributed by atoms with Gasteiger partial charge in [0.05, 0.1) is 11.4 Å². The van der Waals surface area contributed by atoms with E-state index in [4.69, 9.17) is 4.98 Å². The monoisotopic (exact) mass is 423 g/mol. The highest BCUT2D eigenvalue weighted by molar-refractivity contribution is 5.90. The second-order valence-electron chi connectivity index (χ2n) is 8.82. The van der Waals surface area contributed by atoms with Gasteiger partial charge in [0.2, 0.25) is 0 Å². The van der Waals surface area contributed by atoms with Gasteiger partial charge in [-0.15, -0.1) is 0 Å². The van der Waals surface area contributed by atoms with Gasteiger partial charge in [0.1, 0.15) is 0 Å². The van der Waals surface area contributed by atoms with Crippen LogP contribution < -0.4 is 21.1 Å². The SMILES string of the molecule is C=c1ccc(C2=C(c3cccc(C)n3)NC=CC2)c/c1=C/C(=C\C)C1=C[C@H](C)N[C@H](C)C1. The molecule has 0 saturated carbocycles. The summed E-state index contributed by atoms with van der Waals surface area (Å²) in [6, 6.07) is 13.6. The Labute approximate surface area is 191 Å². The molecule has 1 aromatic heterocycles. The number of allylic oxidation sites excluding steroid dienone is 4. The van der Waals surface area contributed by atoms with E-state index < -0.39 is 0 Å². The van der Waals surface area contributed by atoms with Crippen LogP contribution in [0.3, 0.4) is 0 Å². The Kier molecular flexibility index (Phi) is 6.57. The first-order chi connectivity index (χ1) is 15.4. The summed E-state index contributed by atoms with van der Waals surface area (Å²) in [5.74, 6) is 0. The summed E-state index contributed by atoms with van der Waals surface area (Å²) < 4.78 is 0. The largest absolute Gasteiger partial charge is 0.360 e. The lowest BCUT2D eigenvalue weighted by Crippen LogP contribution is -2.37. The van der Waals surface area contributed by atoms with Gasteiger partial charge < -0.3 is 10.6 Å². The van der Waals surface area contributed by atoms with Gasteiger partial charge in [-0.05, 0) is 104 Å². The minimum atomic E-state index is 0.386. The number of hydrogen-bond donors (Lipinski definition) is 2. The molecule has 32 heavy (non-hydrogen) atoms. The maximum atomic E-state index is 4.75. The lowest BCUT2D eigenvalue weighted by atomic mass is 9.91. The number of aromatic nitrogens is 1. The van der Waals surface area contributed by atoms with Gasteiger partial charge in [0.25, 0.3) is 0 Å². The van der Waals surface area contributed by atoms with Gasteiger partial charge in [-0.2, -0.15) is 0 Å². The van der Waals surface area contributed by atoms with Crippen LogP contribution in [0.25, 0.3) is 23.9 Å². The van der Waals surface area contributed by atoms with Crippen LogP contribution in [0.15, 0.2) is 72.0 Å². The van der Waals surface area contributed by atoms with Crippen molar-refractivity contribution in [1.29, 1.82) is 0 Å². The Morgan fingerprint density at radius 1 is 1.19 bits per heavy atom. The summed E-state index contributed by atoms with van der Waals surface area (Å²) in [4.78, 5) is 4.75. The van der Waals surface area contributed by atoms with Crippen molar-refractivity contribution in [1.82, 2.24) is 15.6 Å². The molecular weight excluding hydrogens is 390 g/mol. The molecule has 2 aliphatic heterocycles. The van der Waals surface area contributed by atoms with E-state index in [2.05, 4.69) is 92.6 Å². The van der Waals surface area contributed by atoms with E-state index in [-0.39, 0.29) is 0 Å². The van der Waals surface area contributed by atoms with Crippen molar-refractivity contribution >= 4 is 23.9 Å². The molecule has 2 aliphatic rings. The maximum Gasteiger partial charge on any atom is 0.0870 e. The molecule has 1 aromatic carbocycles. The first-order valence-corrected chi connectivity index (χ1v) is 11.5. The first kappa shape index (κ1) is 22.0. The smallest absolute Gasteiger partial charge is 0.0870 e. The van der Waals surface area contributed by atoms with Crippen molar-refractivity contribution in [2.24, 2.45) is 0 Å². The number of pyridine rings is 1. The summed E-state index contributed by atoms with van der Waals surface area (Å²) in [6.07, 6.45) is 12.9.